The molecule has 17 heavy (non-hydrogen) atoms. The van der Waals surface area contributed by atoms with Gasteiger partial charge in [-0.05, 0) is 27.1 Å². The number of ether oxygens (including phenoxy) is 2. The van der Waals surface area contributed by atoms with Gasteiger partial charge in [-0.2, -0.15) is 0 Å². The number of nitrogens with one attached hydrogen (secondary N) is 1. The van der Waals surface area contributed by atoms with Crippen molar-refractivity contribution in [3.63, 3.8) is 0 Å². The minimum atomic E-state index is 0.334. The first-order chi connectivity index (χ1) is 8.18. The Kier molecular flexibility index (Phi) is 3.86. The van der Waals surface area contributed by atoms with Gasteiger partial charge in [-0.15, -0.1) is 0 Å². The molecule has 1 aromatic rings. The third-order valence-electron chi connectivity index (χ3n) is 3.11. The van der Waals surface area contributed by atoms with Crippen molar-refractivity contribution in [2.24, 2.45) is 0 Å². The zero-order chi connectivity index (χ0) is 12.3. The van der Waals surface area contributed by atoms with E-state index in [1.807, 2.05) is 12.1 Å². The van der Waals surface area contributed by atoms with Crippen LogP contribution in [0, 0.1) is 0 Å². The van der Waals surface area contributed by atoms with Crippen LogP contribution in [-0.4, -0.2) is 38.4 Å². The predicted octanol–water partition coefficient (Wildman–Crippen LogP) is 1.45. The van der Waals surface area contributed by atoms with E-state index in [4.69, 9.17) is 9.47 Å². The predicted molar refractivity (Wildman–Crippen MR) is 67.4 cm³/mol. The van der Waals surface area contributed by atoms with E-state index in [0.29, 0.717) is 12.8 Å². The number of hydrogen-bond acceptors (Lipinski definition) is 4. The first-order valence-corrected chi connectivity index (χ1v) is 5.93. The molecule has 1 aromatic carbocycles. The molecule has 4 heteroatoms. The first kappa shape index (κ1) is 12.2. The standard InChI is InChI=1S/C13H20N2O2/c1-10(15(2)3)7-14-8-11-5-4-6-12-13(11)17-9-16-12/h4-6,10,14H,7-9H2,1-3H3. The second-order valence-electron chi connectivity index (χ2n) is 4.59. The Morgan fingerprint density at radius 3 is 2.94 bits per heavy atom. The summed E-state index contributed by atoms with van der Waals surface area (Å²) in [7, 11) is 4.17. The molecule has 0 spiro atoms. The van der Waals surface area contributed by atoms with E-state index in [1.165, 1.54) is 0 Å². The van der Waals surface area contributed by atoms with Gasteiger partial charge < -0.3 is 19.7 Å². The summed E-state index contributed by atoms with van der Waals surface area (Å²) in [6.45, 7) is 4.30. The molecule has 0 bridgehead atoms. The first-order valence-electron chi connectivity index (χ1n) is 5.93. The van der Waals surface area contributed by atoms with Crippen molar-refractivity contribution in [3.8, 4) is 11.5 Å². The third-order valence-corrected chi connectivity index (χ3v) is 3.11. The molecule has 0 fully saturated rings. The van der Waals surface area contributed by atoms with Crippen LogP contribution in [0.2, 0.25) is 0 Å². The van der Waals surface area contributed by atoms with E-state index in [0.717, 1.165) is 30.2 Å². The van der Waals surface area contributed by atoms with Gasteiger partial charge >= 0.3 is 0 Å². The number of nitrogens with zero attached hydrogens (tertiary/aromatic N) is 1. The molecule has 2 rings (SSSR count). The average molecular weight is 236 g/mol. The van der Waals surface area contributed by atoms with E-state index >= 15 is 0 Å². The van der Waals surface area contributed by atoms with Gasteiger partial charge in [-0.1, -0.05) is 12.1 Å². The fourth-order valence-electron chi connectivity index (χ4n) is 1.73. The molecular formula is C13H20N2O2. The minimum Gasteiger partial charge on any atom is -0.454 e. The number of fused-ring (bicyclic) bond motifs is 1. The van der Waals surface area contributed by atoms with Gasteiger partial charge in [-0.3, -0.25) is 0 Å². The molecule has 1 N–H and O–H groups in total. The van der Waals surface area contributed by atoms with Crippen LogP contribution in [0.1, 0.15) is 12.5 Å². The Morgan fingerprint density at radius 2 is 2.18 bits per heavy atom. The zero-order valence-electron chi connectivity index (χ0n) is 10.7. The fourth-order valence-corrected chi connectivity index (χ4v) is 1.73. The molecule has 1 aliphatic heterocycles. The van der Waals surface area contributed by atoms with E-state index in [2.05, 4.69) is 37.3 Å². The van der Waals surface area contributed by atoms with Crippen LogP contribution in [0.4, 0.5) is 0 Å². The van der Waals surface area contributed by atoms with Gasteiger partial charge in [0.05, 0.1) is 0 Å². The second-order valence-corrected chi connectivity index (χ2v) is 4.59. The van der Waals surface area contributed by atoms with Crippen molar-refractivity contribution in [2.45, 2.75) is 19.5 Å². The Morgan fingerprint density at radius 1 is 1.35 bits per heavy atom. The summed E-state index contributed by atoms with van der Waals surface area (Å²) in [6.07, 6.45) is 0. The summed E-state index contributed by atoms with van der Waals surface area (Å²) in [6, 6.07) is 6.53. The van der Waals surface area contributed by atoms with E-state index < -0.39 is 0 Å². The summed E-state index contributed by atoms with van der Waals surface area (Å²) in [5, 5.41) is 3.44. The SMILES string of the molecule is CC(CNCc1cccc2c1OCO2)N(C)C. The van der Waals surface area contributed by atoms with Crippen molar-refractivity contribution in [2.75, 3.05) is 27.4 Å². The maximum Gasteiger partial charge on any atom is 0.231 e. The lowest BCUT2D eigenvalue weighted by atomic mass is 10.2. The van der Waals surface area contributed by atoms with Crippen LogP contribution < -0.4 is 14.8 Å². The lowest BCUT2D eigenvalue weighted by molar-refractivity contribution is 0.173. The van der Waals surface area contributed by atoms with Crippen molar-refractivity contribution >= 4 is 0 Å². The number of rotatable bonds is 5. The highest BCUT2D eigenvalue weighted by atomic mass is 16.7. The largest absolute Gasteiger partial charge is 0.454 e. The van der Waals surface area contributed by atoms with Gasteiger partial charge in [0, 0.05) is 24.7 Å². The lowest BCUT2D eigenvalue weighted by Gasteiger charge is -2.20. The number of benzene rings is 1. The average Bonchev–Trinajstić information content (AvgIpc) is 2.77. The molecule has 0 saturated heterocycles. The van der Waals surface area contributed by atoms with Gasteiger partial charge in [0.1, 0.15) is 0 Å². The molecule has 1 aliphatic rings. The molecule has 1 unspecified atom stereocenters. The highest BCUT2D eigenvalue weighted by Crippen LogP contribution is 2.35. The molecule has 1 atom stereocenters. The molecule has 0 aromatic heterocycles. The Balaban J connectivity index is 1.90. The summed E-state index contributed by atoms with van der Waals surface area (Å²) in [5.41, 5.74) is 1.16. The Labute approximate surface area is 103 Å². The summed E-state index contributed by atoms with van der Waals surface area (Å²) >= 11 is 0. The molecule has 1 heterocycles. The summed E-state index contributed by atoms with van der Waals surface area (Å²) in [5.74, 6) is 1.74. The molecule has 0 aliphatic carbocycles. The van der Waals surface area contributed by atoms with Crippen LogP contribution in [0.15, 0.2) is 18.2 Å². The van der Waals surface area contributed by atoms with Crippen LogP contribution >= 0.6 is 0 Å². The van der Waals surface area contributed by atoms with Crippen molar-refractivity contribution in [1.29, 1.82) is 0 Å². The molecule has 0 saturated carbocycles. The van der Waals surface area contributed by atoms with Crippen molar-refractivity contribution in [3.05, 3.63) is 23.8 Å². The van der Waals surface area contributed by atoms with E-state index in [9.17, 15) is 0 Å². The normalized spacial score (nSPS) is 15.3. The van der Waals surface area contributed by atoms with E-state index in [-0.39, 0.29) is 0 Å². The quantitative estimate of drug-likeness (QED) is 0.839. The molecular weight excluding hydrogens is 216 g/mol. The van der Waals surface area contributed by atoms with Gasteiger partial charge in [0.2, 0.25) is 6.79 Å². The highest BCUT2D eigenvalue weighted by molar-refractivity contribution is 5.48. The van der Waals surface area contributed by atoms with Crippen LogP contribution in [0.25, 0.3) is 0 Å². The number of likely N-dealkylation sites (N-methyl/N-ethyl adjacent to an activating group) is 1. The molecule has 0 amide bonds. The van der Waals surface area contributed by atoms with Crippen molar-refractivity contribution < 1.29 is 9.47 Å². The lowest BCUT2D eigenvalue weighted by Crippen LogP contribution is -2.35. The number of para-hydroxylation sites is 1. The van der Waals surface area contributed by atoms with Gasteiger partial charge in [-0.25, -0.2) is 0 Å². The van der Waals surface area contributed by atoms with Crippen LogP contribution in [-0.2, 0) is 6.54 Å². The molecule has 4 nitrogen and oxygen atoms in total. The van der Waals surface area contributed by atoms with Crippen LogP contribution in [0.5, 0.6) is 11.5 Å². The molecule has 94 valence electrons. The smallest absolute Gasteiger partial charge is 0.231 e. The third kappa shape index (κ3) is 2.90. The minimum absolute atomic E-state index is 0.334. The fraction of sp³-hybridized carbons (Fsp3) is 0.538. The highest BCUT2D eigenvalue weighted by Gasteiger charge is 2.16. The second kappa shape index (κ2) is 5.38. The molecule has 0 radical (unpaired) electrons. The maximum absolute atomic E-state index is 5.46. The zero-order valence-corrected chi connectivity index (χ0v) is 10.7. The van der Waals surface area contributed by atoms with Crippen molar-refractivity contribution in [1.82, 2.24) is 10.2 Å². The van der Waals surface area contributed by atoms with Crippen LogP contribution in [0.3, 0.4) is 0 Å². The summed E-state index contributed by atoms with van der Waals surface area (Å²) < 4.78 is 10.8. The monoisotopic (exact) mass is 236 g/mol. The Bertz CT molecular complexity index is 380. The topological polar surface area (TPSA) is 33.7 Å². The maximum atomic E-state index is 5.46. The number of hydrogen-bond donors (Lipinski definition) is 1. The van der Waals surface area contributed by atoms with E-state index in [1.54, 1.807) is 0 Å². The van der Waals surface area contributed by atoms with Gasteiger partial charge in [0.15, 0.2) is 11.5 Å². The van der Waals surface area contributed by atoms with Gasteiger partial charge in [0.25, 0.3) is 0 Å². The Hall–Kier alpha value is -1.26. The summed E-state index contributed by atoms with van der Waals surface area (Å²) in [4.78, 5) is 2.20.